The molecule has 0 aliphatic carbocycles. The number of hydrogen-bond acceptors (Lipinski definition) is 2. The van der Waals surface area contributed by atoms with Crippen molar-refractivity contribution < 1.29 is 18.5 Å². The van der Waals surface area contributed by atoms with E-state index in [1.54, 1.807) is 35.2 Å². The van der Waals surface area contributed by atoms with E-state index in [1.165, 1.54) is 36.4 Å². The second-order valence-electron chi connectivity index (χ2n) is 5.91. The van der Waals surface area contributed by atoms with Gasteiger partial charge >= 0.3 is 0 Å². The van der Waals surface area contributed by atoms with Crippen molar-refractivity contribution in [1.82, 2.24) is 0 Å². The molecular weight excluding hydrogens is 366 g/mol. The van der Waals surface area contributed by atoms with E-state index in [2.05, 4.69) is 5.32 Å². The summed E-state index contributed by atoms with van der Waals surface area (Å²) in [4.78, 5) is 0.0602. The molecule has 0 bridgehead atoms. The van der Waals surface area contributed by atoms with Crippen LogP contribution in [0.5, 0.6) is 0 Å². The van der Waals surface area contributed by atoms with Gasteiger partial charge in [-0.1, -0.05) is 36.5 Å². The summed E-state index contributed by atoms with van der Waals surface area (Å²) in [5, 5.41) is 15.9. The van der Waals surface area contributed by atoms with Gasteiger partial charge in [-0.05, 0) is 48.6 Å². The Bertz CT molecular complexity index is 1020. The summed E-state index contributed by atoms with van der Waals surface area (Å²) in [7, 11) is 0. The van der Waals surface area contributed by atoms with Gasteiger partial charge in [0.15, 0.2) is 17.4 Å². The molecule has 1 heterocycles. The van der Waals surface area contributed by atoms with Crippen molar-refractivity contribution >= 4 is 34.3 Å². The zero-order chi connectivity index (χ0) is 19.4. The minimum absolute atomic E-state index is 0.0602. The Morgan fingerprint density at radius 2 is 1.70 bits per heavy atom. The molecule has 1 N–H and O–H groups in total. The van der Waals surface area contributed by atoms with Crippen LogP contribution in [-0.4, -0.2) is 4.99 Å². The molecule has 0 fully saturated rings. The number of benzene rings is 2. The lowest BCUT2D eigenvalue weighted by Crippen LogP contribution is -2.40. The van der Waals surface area contributed by atoms with Crippen LogP contribution in [0, 0.1) is 18.6 Å². The van der Waals surface area contributed by atoms with Crippen molar-refractivity contribution in [3.8, 4) is 0 Å². The van der Waals surface area contributed by atoms with Crippen molar-refractivity contribution in [3.63, 3.8) is 0 Å². The molecule has 3 aromatic rings. The largest absolute Gasteiger partial charge is 0.867 e. The Morgan fingerprint density at radius 3 is 2.37 bits per heavy atom. The van der Waals surface area contributed by atoms with Crippen LogP contribution < -0.4 is 15.0 Å². The van der Waals surface area contributed by atoms with Crippen LogP contribution in [0.1, 0.15) is 11.1 Å². The van der Waals surface area contributed by atoms with Crippen molar-refractivity contribution in [3.05, 3.63) is 95.8 Å². The molecule has 3 rings (SSSR count). The third kappa shape index (κ3) is 4.35. The van der Waals surface area contributed by atoms with E-state index in [1.807, 2.05) is 13.0 Å². The molecule has 0 saturated heterocycles. The molecule has 27 heavy (non-hydrogen) atoms. The number of para-hydroxylation sites is 1. The van der Waals surface area contributed by atoms with E-state index >= 15 is 0 Å². The van der Waals surface area contributed by atoms with Gasteiger partial charge in [-0.2, -0.15) is 4.57 Å². The number of nitrogens with one attached hydrogen (secondary N) is 1. The van der Waals surface area contributed by atoms with Crippen molar-refractivity contribution in [2.24, 2.45) is 0 Å². The van der Waals surface area contributed by atoms with Gasteiger partial charge in [0.1, 0.15) is 11.6 Å². The molecule has 0 aliphatic heterocycles. The van der Waals surface area contributed by atoms with E-state index in [9.17, 15) is 13.9 Å². The van der Waals surface area contributed by atoms with E-state index in [-0.39, 0.29) is 21.9 Å². The molecule has 0 aliphatic rings. The van der Waals surface area contributed by atoms with Crippen LogP contribution in [0.3, 0.4) is 0 Å². The molecular formula is C21H16F2N2OS. The minimum atomic E-state index is -0.484. The fourth-order valence-electron chi connectivity index (χ4n) is 2.55. The van der Waals surface area contributed by atoms with Crippen LogP contribution in [0.15, 0.2) is 73.1 Å². The summed E-state index contributed by atoms with van der Waals surface area (Å²) >= 11 is 5.41. The normalized spacial score (nSPS) is 11.7. The second-order valence-corrected chi connectivity index (χ2v) is 6.32. The number of nitrogens with zero attached hydrogens (tertiary/aromatic N) is 1. The van der Waals surface area contributed by atoms with Crippen LogP contribution >= 0.6 is 12.2 Å². The highest BCUT2D eigenvalue weighted by Gasteiger charge is 2.20. The fourth-order valence-corrected chi connectivity index (χ4v) is 2.86. The predicted octanol–water partition coefficient (Wildman–Crippen LogP) is 3.69. The lowest BCUT2D eigenvalue weighted by molar-refractivity contribution is -0.578. The minimum Gasteiger partial charge on any atom is -0.867 e. The van der Waals surface area contributed by atoms with Gasteiger partial charge in [0.2, 0.25) is 5.70 Å². The second kappa shape index (κ2) is 8.05. The average Bonchev–Trinajstić information content (AvgIpc) is 2.64. The maximum absolute atomic E-state index is 14.0. The van der Waals surface area contributed by atoms with Gasteiger partial charge in [0.05, 0.1) is 5.69 Å². The Kier molecular flexibility index (Phi) is 5.57. The monoisotopic (exact) mass is 382 g/mol. The SMILES string of the molecule is Cc1ccc[n+](C(C(=S)Nc2ccccc2F)=C([O-])c2ccc(F)cc2)c1. The van der Waals surface area contributed by atoms with Crippen LogP contribution in [-0.2, 0) is 0 Å². The maximum atomic E-state index is 14.0. The molecule has 6 heteroatoms. The first-order valence-electron chi connectivity index (χ1n) is 8.17. The molecule has 0 radical (unpaired) electrons. The molecule has 0 unspecified atom stereocenters. The third-order valence-electron chi connectivity index (χ3n) is 3.87. The Balaban J connectivity index is 2.10. The molecule has 0 spiro atoms. The highest BCUT2D eigenvalue weighted by Crippen LogP contribution is 2.19. The van der Waals surface area contributed by atoms with Crippen molar-refractivity contribution in [1.29, 1.82) is 0 Å². The van der Waals surface area contributed by atoms with Crippen LogP contribution in [0.4, 0.5) is 14.5 Å². The highest BCUT2D eigenvalue weighted by molar-refractivity contribution is 7.81. The highest BCUT2D eigenvalue weighted by atomic mass is 32.1. The Labute approximate surface area is 161 Å². The first-order valence-corrected chi connectivity index (χ1v) is 8.58. The molecule has 0 saturated carbocycles. The summed E-state index contributed by atoms with van der Waals surface area (Å²) in [6.45, 7) is 1.88. The number of pyridine rings is 1. The number of hydrogen-bond donors (Lipinski definition) is 1. The zero-order valence-electron chi connectivity index (χ0n) is 14.4. The Morgan fingerprint density at radius 1 is 1.00 bits per heavy atom. The van der Waals surface area contributed by atoms with Crippen LogP contribution in [0.25, 0.3) is 11.5 Å². The van der Waals surface area contributed by atoms with E-state index in [4.69, 9.17) is 12.2 Å². The van der Waals surface area contributed by atoms with Gasteiger partial charge < -0.3 is 10.4 Å². The molecule has 0 atom stereocenters. The first kappa shape index (κ1) is 18.7. The number of rotatable bonds is 4. The van der Waals surface area contributed by atoms with Gasteiger partial charge in [0.25, 0.3) is 0 Å². The smallest absolute Gasteiger partial charge is 0.238 e. The summed E-state index contributed by atoms with van der Waals surface area (Å²) < 4.78 is 28.8. The first-order chi connectivity index (χ1) is 13.0. The number of aromatic nitrogens is 1. The summed E-state index contributed by atoms with van der Waals surface area (Å²) in [5.41, 5.74) is 1.50. The average molecular weight is 382 g/mol. The third-order valence-corrected chi connectivity index (χ3v) is 4.16. The molecule has 0 amide bonds. The Hall–Kier alpha value is -3.12. The maximum Gasteiger partial charge on any atom is 0.238 e. The lowest BCUT2D eigenvalue weighted by Gasteiger charge is -2.17. The lowest BCUT2D eigenvalue weighted by atomic mass is 10.1. The molecule has 1 aromatic heterocycles. The standard InChI is InChI=1S/C21H16F2N2OS/c1-14-5-4-12-25(13-14)19(20(26)15-8-10-16(22)11-9-15)21(27)24-18-7-3-2-6-17(18)23/h2-13H,1H3,(H-,24,26,27). The van der Waals surface area contributed by atoms with Gasteiger partial charge in [-0.15, -0.1) is 0 Å². The number of halogens is 2. The predicted molar refractivity (Wildman–Crippen MR) is 104 cm³/mol. The topological polar surface area (TPSA) is 39.0 Å². The van der Waals surface area contributed by atoms with Crippen molar-refractivity contribution in [2.75, 3.05) is 5.32 Å². The van der Waals surface area contributed by atoms with Crippen LogP contribution in [0.2, 0.25) is 0 Å². The number of anilines is 1. The van der Waals surface area contributed by atoms with Crippen molar-refractivity contribution in [2.45, 2.75) is 6.92 Å². The number of thiocarbonyl (C=S) groups is 1. The summed E-state index contributed by atoms with van der Waals surface area (Å²) in [6, 6.07) is 14.9. The number of aryl methyl sites for hydroxylation is 1. The fraction of sp³-hybridized carbons (Fsp3) is 0.0476. The van der Waals surface area contributed by atoms with Gasteiger partial charge in [-0.25, -0.2) is 8.78 Å². The van der Waals surface area contributed by atoms with E-state index < -0.39 is 17.4 Å². The van der Waals surface area contributed by atoms with E-state index in [0.29, 0.717) is 0 Å². The summed E-state index contributed by atoms with van der Waals surface area (Å²) in [5.74, 6) is -1.33. The quantitative estimate of drug-likeness (QED) is 0.324. The molecule has 3 nitrogen and oxygen atoms in total. The summed E-state index contributed by atoms with van der Waals surface area (Å²) in [6.07, 6.45) is 3.42. The van der Waals surface area contributed by atoms with Gasteiger partial charge in [0, 0.05) is 11.6 Å². The van der Waals surface area contributed by atoms with E-state index in [0.717, 1.165) is 5.56 Å². The zero-order valence-corrected chi connectivity index (χ0v) is 15.3. The van der Waals surface area contributed by atoms with Gasteiger partial charge in [-0.3, -0.25) is 0 Å². The molecule has 2 aromatic carbocycles. The molecule has 136 valence electrons.